The van der Waals surface area contributed by atoms with Gasteiger partial charge in [-0.15, -0.1) is 29.8 Å². The summed E-state index contributed by atoms with van der Waals surface area (Å²) in [5.74, 6) is 0.351. The maximum Gasteiger partial charge on any atom is 0.107 e. The molecule has 93 valence electrons. The standard InChI is InChI=1S/C13H11FNO.Ho/c1-9-3-8-12(14)13(15-9)10-4-6-11(16-2)7-5-10;/h3-4,6-8H,1-2H3;/q-1;. The molecule has 1 heterocycles. The van der Waals surface area contributed by atoms with Gasteiger partial charge in [-0.1, -0.05) is 0 Å². The summed E-state index contributed by atoms with van der Waals surface area (Å²) in [6.07, 6.45) is 0. The number of halogens is 1. The molecule has 0 amide bonds. The van der Waals surface area contributed by atoms with E-state index < -0.39 is 0 Å². The molecule has 2 nitrogen and oxygen atoms in total. The van der Waals surface area contributed by atoms with Crippen LogP contribution in [0.4, 0.5) is 4.39 Å². The predicted octanol–water partition coefficient (Wildman–Crippen LogP) is 3.00. The first-order valence-corrected chi connectivity index (χ1v) is 4.90. The van der Waals surface area contributed by atoms with Gasteiger partial charge in [0.1, 0.15) is 5.82 Å². The minimum Gasteiger partial charge on any atom is -0.540 e. The van der Waals surface area contributed by atoms with Gasteiger partial charge in [-0.3, -0.25) is 4.98 Å². The monoisotopic (exact) mass is 381 g/mol. The van der Waals surface area contributed by atoms with E-state index in [0.717, 1.165) is 5.69 Å². The first kappa shape index (κ1) is 14.4. The van der Waals surface area contributed by atoms with Gasteiger partial charge in [0.05, 0.1) is 7.11 Å². The third kappa shape index (κ3) is 3.41. The van der Waals surface area contributed by atoms with Gasteiger partial charge in [0, 0.05) is 54.9 Å². The number of pyridine rings is 1. The molecule has 0 aliphatic carbocycles. The quantitative estimate of drug-likeness (QED) is 0.590. The van der Waals surface area contributed by atoms with Crippen molar-refractivity contribution in [2.75, 3.05) is 7.11 Å². The van der Waals surface area contributed by atoms with Crippen molar-refractivity contribution in [3.63, 3.8) is 0 Å². The first-order chi connectivity index (χ1) is 7.70. The Labute approximate surface area is 130 Å². The minimum absolute atomic E-state index is 0. The Balaban J connectivity index is 0.00000144. The Bertz CT molecular complexity index is 499. The van der Waals surface area contributed by atoms with E-state index in [2.05, 4.69) is 11.1 Å². The Hall–Kier alpha value is -0.640. The third-order valence-corrected chi connectivity index (χ3v) is 2.26. The summed E-state index contributed by atoms with van der Waals surface area (Å²) < 4.78 is 18.5. The average molecular weight is 381 g/mol. The van der Waals surface area contributed by atoms with E-state index >= 15 is 0 Å². The number of rotatable bonds is 2. The molecule has 2 aromatic rings. The van der Waals surface area contributed by atoms with Crippen molar-refractivity contribution in [3.8, 4) is 17.0 Å². The van der Waals surface area contributed by atoms with E-state index in [0.29, 0.717) is 17.0 Å². The summed E-state index contributed by atoms with van der Waals surface area (Å²) in [5.41, 5.74) is 1.73. The van der Waals surface area contributed by atoms with E-state index in [9.17, 15) is 4.39 Å². The van der Waals surface area contributed by atoms with Gasteiger partial charge in [-0.2, -0.15) is 0 Å². The summed E-state index contributed by atoms with van der Waals surface area (Å²) in [4.78, 5) is 4.15. The van der Waals surface area contributed by atoms with Crippen molar-refractivity contribution >= 4 is 0 Å². The zero-order valence-electron chi connectivity index (χ0n) is 9.42. The zero-order valence-corrected chi connectivity index (χ0v) is 11.4. The molecule has 0 N–H and O–H groups in total. The second kappa shape index (κ2) is 6.33. The fourth-order valence-corrected chi connectivity index (χ4v) is 1.41. The largest absolute Gasteiger partial charge is 0.540 e. The van der Waals surface area contributed by atoms with Crippen LogP contribution in [0.3, 0.4) is 0 Å². The summed E-state index contributed by atoms with van der Waals surface area (Å²) in [6, 6.07) is 11.2. The molecule has 0 saturated heterocycles. The number of benzene rings is 1. The van der Waals surface area contributed by atoms with Crippen molar-refractivity contribution in [3.05, 3.63) is 47.9 Å². The Morgan fingerprint density at radius 1 is 1.24 bits per heavy atom. The zero-order chi connectivity index (χ0) is 11.5. The summed E-state index contributed by atoms with van der Waals surface area (Å²) in [5, 5.41) is 0. The van der Waals surface area contributed by atoms with Gasteiger partial charge in [0.15, 0.2) is 0 Å². The first-order valence-electron chi connectivity index (χ1n) is 4.90. The van der Waals surface area contributed by atoms with Crippen LogP contribution in [-0.2, 0) is 0 Å². The molecular formula is C13H11FHoNO-. The second-order valence-corrected chi connectivity index (χ2v) is 3.43. The average Bonchev–Trinajstić information content (AvgIpc) is 2.32. The van der Waals surface area contributed by atoms with Gasteiger partial charge < -0.3 is 4.74 Å². The number of methoxy groups -OCH3 is 1. The number of nitrogens with zero attached hydrogens (tertiary/aromatic N) is 1. The maximum atomic E-state index is 13.5. The van der Waals surface area contributed by atoms with Crippen LogP contribution in [0, 0.1) is 56.5 Å². The normalized spacial score (nSPS) is 9.59. The molecule has 0 bridgehead atoms. The molecule has 0 spiro atoms. The number of ether oxygens (including phenoxy) is 1. The molecule has 1 aromatic heterocycles. The van der Waals surface area contributed by atoms with Crippen LogP contribution in [0.2, 0.25) is 0 Å². The van der Waals surface area contributed by atoms with Crippen molar-refractivity contribution < 1.29 is 46.9 Å². The van der Waals surface area contributed by atoms with Gasteiger partial charge in [0.2, 0.25) is 0 Å². The molecule has 4 heteroatoms. The molecule has 1 radical (unpaired) electrons. The maximum absolute atomic E-state index is 13.5. The molecule has 0 saturated carbocycles. The topological polar surface area (TPSA) is 22.1 Å². The Morgan fingerprint density at radius 3 is 2.59 bits per heavy atom. The SMILES string of the molecule is COc1c[c-]c(-c2nc(C)ccc2F)cc1.[Ho]. The Morgan fingerprint density at radius 2 is 2.00 bits per heavy atom. The minimum atomic E-state index is -0.341. The fraction of sp³-hybridized carbons (Fsp3) is 0.154. The number of hydrogen-bond acceptors (Lipinski definition) is 2. The van der Waals surface area contributed by atoms with Crippen LogP contribution in [-0.4, -0.2) is 12.1 Å². The van der Waals surface area contributed by atoms with Gasteiger partial charge in [-0.05, 0) is 19.1 Å². The molecule has 0 aliphatic heterocycles. The molecule has 0 fully saturated rings. The van der Waals surface area contributed by atoms with Crippen LogP contribution in [0.5, 0.6) is 5.75 Å². The summed E-state index contributed by atoms with van der Waals surface area (Å²) >= 11 is 0. The van der Waals surface area contributed by atoms with Crippen LogP contribution >= 0.6 is 0 Å². The van der Waals surface area contributed by atoms with Crippen molar-refractivity contribution in [1.29, 1.82) is 0 Å². The molecule has 0 unspecified atom stereocenters. The second-order valence-electron chi connectivity index (χ2n) is 3.43. The fourth-order valence-electron chi connectivity index (χ4n) is 1.41. The molecule has 2 rings (SSSR count). The van der Waals surface area contributed by atoms with Crippen LogP contribution in [0.1, 0.15) is 5.69 Å². The molecule has 0 aliphatic rings. The number of aryl methyl sites for hydroxylation is 1. The van der Waals surface area contributed by atoms with E-state index in [-0.39, 0.29) is 43.6 Å². The Kier molecular flexibility index (Phi) is 5.37. The van der Waals surface area contributed by atoms with Gasteiger partial charge >= 0.3 is 0 Å². The smallest absolute Gasteiger partial charge is 0.107 e. The molecular weight excluding hydrogens is 370 g/mol. The molecule has 0 atom stereocenters. The van der Waals surface area contributed by atoms with Crippen molar-refractivity contribution in [2.24, 2.45) is 0 Å². The number of hydrogen-bond donors (Lipinski definition) is 0. The van der Waals surface area contributed by atoms with E-state index in [1.807, 2.05) is 6.92 Å². The molecule has 17 heavy (non-hydrogen) atoms. The molecule has 1 aromatic carbocycles. The number of aromatic nitrogens is 1. The van der Waals surface area contributed by atoms with Gasteiger partial charge in [-0.25, -0.2) is 4.39 Å². The summed E-state index contributed by atoms with van der Waals surface area (Å²) in [6.45, 7) is 1.83. The van der Waals surface area contributed by atoms with Crippen LogP contribution in [0.25, 0.3) is 11.3 Å². The summed E-state index contributed by atoms with van der Waals surface area (Å²) in [7, 11) is 1.58. The van der Waals surface area contributed by atoms with Gasteiger partial charge in [0.25, 0.3) is 0 Å². The van der Waals surface area contributed by atoms with E-state index in [1.54, 1.807) is 31.4 Å². The van der Waals surface area contributed by atoms with Crippen LogP contribution in [0.15, 0.2) is 30.3 Å². The predicted molar refractivity (Wildman–Crippen MR) is 59.8 cm³/mol. The van der Waals surface area contributed by atoms with E-state index in [4.69, 9.17) is 4.74 Å². The van der Waals surface area contributed by atoms with Crippen molar-refractivity contribution in [2.45, 2.75) is 6.92 Å². The van der Waals surface area contributed by atoms with Crippen LogP contribution < -0.4 is 4.74 Å². The van der Waals surface area contributed by atoms with Crippen molar-refractivity contribution in [1.82, 2.24) is 4.98 Å². The van der Waals surface area contributed by atoms with E-state index in [1.165, 1.54) is 6.07 Å². The third-order valence-electron chi connectivity index (χ3n) is 2.26.